The number of likely N-dealkylation sites (tertiary alicyclic amines) is 1. The van der Waals surface area contributed by atoms with Crippen molar-refractivity contribution >= 4 is 17.9 Å². The average molecular weight is 789 g/mol. The molecule has 1 saturated heterocycles. The lowest BCUT2D eigenvalue weighted by atomic mass is 9.95. The Bertz CT molecular complexity index is 2010. The van der Waals surface area contributed by atoms with E-state index in [1.54, 1.807) is 12.5 Å². The van der Waals surface area contributed by atoms with Crippen LogP contribution in [0, 0.1) is 17.8 Å². The number of carbonyl (C=O) groups excluding carboxylic acids is 3. The minimum atomic E-state index is -0.654. The van der Waals surface area contributed by atoms with E-state index in [1.807, 2.05) is 56.4 Å². The molecule has 6 rings (SSSR count). The Morgan fingerprint density at radius 3 is 2.07 bits per heavy atom. The zero-order chi connectivity index (χ0) is 41.6. The molecule has 1 aliphatic rings. The summed E-state index contributed by atoms with van der Waals surface area (Å²) >= 11 is 0. The number of carbonyl (C=O) groups is 3. The zero-order valence-electron chi connectivity index (χ0n) is 35.0. The molecule has 12 heteroatoms. The van der Waals surface area contributed by atoms with E-state index in [9.17, 15) is 14.4 Å². The molecule has 58 heavy (non-hydrogen) atoms. The van der Waals surface area contributed by atoms with E-state index in [0.717, 1.165) is 70.7 Å². The predicted octanol–water partition coefficient (Wildman–Crippen LogP) is 9.29. The highest BCUT2D eigenvalue weighted by Gasteiger charge is 2.37. The van der Waals surface area contributed by atoms with Crippen molar-refractivity contribution in [1.29, 1.82) is 0 Å². The van der Waals surface area contributed by atoms with E-state index >= 15 is 0 Å². The second-order valence-corrected chi connectivity index (χ2v) is 15.8. The van der Waals surface area contributed by atoms with Crippen molar-refractivity contribution in [3.8, 4) is 33.6 Å². The average Bonchev–Trinajstić information content (AvgIpc) is 4.05. The topological polar surface area (TPSA) is 158 Å². The number of rotatable bonds is 15. The number of alkyl carbamates (subject to hydrolysis) is 1. The quantitative estimate of drug-likeness (QED) is 0.0770. The second-order valence-electron chi connectivity index (χ2n) is 15.8. The molecule has 4 atom stereocenters. The number of benzene rings is 2. The number of H-pyrrole nitrogens is 2. The van der Waals surface area contributed by atoms with Crippen LogP contribution in [0.15, 0.2) is 91.8 Å². The molecule has 0 radical (unpaired) electrons. The van der Waals surface area contributed by atoms with Crippen LogP contribution in [0.1, 0.15) is 104 Å². The van der Waals surface area contributed by atoms with Crippen LogP contribution in [0.2, 0.25) is 0 Å². The Morgan fingerprint density at radius 2 is 1.50 bits per heavy atom. The summed E-state index contributed by atoms with van der Waals surface area (Å²) < 4.78 is 4.72. The SMILES string of the molecule is CCCCCC(C)C(=O)NC(c1cccnc1)C(C)C.COC(=O)NC(C(=O)N1CCCC1c1ncc(-c2ccc(-c3ccc(-c4cnc[nH]4)cc3)cc2)[nH]1)C(C)C. The molecule has 12 nitrogen and oxygen atoms in total. The predicted molar refractivity (Wildman–Crippen MR) is 228 cm³/mol. The fourth-order valence-corrected chi connectivity index (χ4v) is 7.27. The van der Waals surface area contributed by atoms with Crippen LogP contribution < -0.4 is 10.6 Å². The van der Waals surface area contributed by atoms with E-state index in [-0.39, 0.29) is 35.7 Å². The molecule has 0 saturated carbocycles. The third kappa shape index (κ3) is 11.4. The van der Waals surface area contributed by atoms with Crippen molar-refractivity contribution in [2.45, 2.75) is 98.2 Å². The molecule has 3 amide bonds. The van der Waals surface area contributed by atoms with Crippen LogP contribution in [0.3, 0.4) is 0 Å². The Hall–Kier alpha value is -5.78. The normalized spacial score (nSPS) is 15.3. The largest absolute Gasteiger partial charge is 0.453 e. The molecule has 0 aliphatic carbocycles. The van der Waals surface area contributed by atoms with Gasteiger partial charge in [-0.3, -0.25) is 14.6 Å². The lowest BCUT2D eigenvalue weighted by Crippen LogP contribution is -2.51. The molecule has 5 aromatic rings. The summed E-state index contributed by atoms with van der Waals surface area (Å²) in [6.45, 7) is 12.9. The minimum Gasteiger partial charge on any atom is -0.453 e. The monoisotopic (exact) mass is 788 g/mol. The Kier molecular flexibility index (Phi) is 15.8. The maximum atomic E-state index is 13.4. The van der Waals surface area contributed by atoms with Gasteiger partial charge in [-0.05, 0) is 65.0 Å². The Balaban J connectivity index is 0.000000271. The van der Waals surface area contributed by atoms with Crippen LogP contribution in [-0.2, 0) is 14.3 Å². The second kappa shape index (κ2) is 21.1. The van der Waals surface area contributed by atoms with Crippen LogP contribution in [-0.4, -0.2) is 67.4 Å². The van der Waals surface area contributed by atoms with Gasteiger partial charge in [-0.25, -0.2) is 14.8 Å². The zero-order valence-corrected chi connectivity index (χ0v) is 35.0. The first-order valence-electron chi connectivity index (χ1n) is 20.6. The van der Waals surface area contributed by atoms with Gasteiger partial charge in [0, 0.05) is 24.9 Å². The lowest BCUT2D eigenvalue weighted by molar-refractivity contribution is -0.135. The fraction of sp³-hybridized carbons (Fsp3) is 0.435. The molecule has 0 spiro atoms. The smallest absolute Gasteiger partial charge is 0.407 e. The number of nitrogens with one attached hydrogen (secondary N) is 4. The first-order chi connectivity index (χ1) is 28.0. The van der Waals surface area contributed by atoms with Gasteiger partial charge in [0.05, 0.1) is 49.3 Å². The van der Waals surface area contributed by atoms with E-state index in [2.05, 4.69) is 105 Å². The van der Waals surface area contributed by atoms with Crippen molar-refractivity contribution in [3.63, 3.8) is 0 Å². The Labute approximate surface area is 343 Å². The van der Waals surface area contributed by atoms with E-state index in [1.165, 1.54) is 20.0 Å². The highest BCUT2D eigenvalue weighted by molar-refractivity contribution is 5.86. The maximum absolute atomic E-state index is 13.4. The molecule has 1 fully saturated rings. The Morgan fingerprint density at radius 1 is 0.828 bits per heavy atom. The van der Waals surface area contributed by atoms with Gasteiger partial charge in [0.25, 0.3) is 0 Å². The minimum absolute atomic E-state index is 0.0461. The number of methoxy groups -OCH3 is 1. The number of hydrogen-bond donors (Lipinski definition) is 4. The molecule has 0 bridgehead atoms. The van der Waals surface area contributed by atoms with Gasteiger partial charge < -0.3 is 30.2 Å². The maximum Gasteiger partial charge on any atom is 0.407 e. The van der Waals surface area contributed by atoms with Crippen molar-refractivity contribution < 1.29 is 19.1 Å². The summed E-state index contributed by atoms with van der Waals surface area (Å²) in [6.07, 6.45) is 14.5. The molecule has 308 valence electrons. The number of hydrogen-bond acceptors (Lipinski definition) is 7. The van der Waals surface area contributed by atoms with Gasteiger partial charge in [0.2, 0.25) is 11.8 Å². The van der Waals surface area contributed by atoms with Gasteiger partial charge in [-0.15, -0.1) is 0 Å². The van der Waals surface area contributed by atoms with Crippen molar-refractivity contribution in [2.24, 2.45) is 17.8 Å². The van der Waals surface area contributed by atoms with E-state index < -0.39 is 12.1 Å². The highest BCUT2D eigenvalue weighted by atomic mass is 16.5. The lowest BCUT2D eigenvalue weighted by Gasteiger charge is -2.30. The summed E-state index contributed by atoms with van der Waals surface area (Å²) in [6, 6.07) is 19.9. The van der Waals surface area contributed by atoms with Gasteiger partial charge >= 0.3 is 6.09 Å². The molecule has 2 aromatic carbocycles. The molecular weight excluding hydrogens is 729 g/mol. The number of aromatic nitrogens is 5. The number of imidazole rings is 2. The molecular formula is C46H60N8O4. The number of unbranched alkanes of at least 4 members (excludes halogenated alkanes) is 2. The van der Waals surface area contributed by atoms with Crippen molar-refractivity contribution in [3.05, 3.63) is 103 Å². The summed E-state index contributed by atoms with van der Waals surface area (Å²) in [5, 5.41) is 5.87. The third-order valence-electron chi connectivity index (χ3n) is 10.8. The van der Waals surface area contributed by atoms with Gasteiger partial charge in [-0.1, -0.05) is 115 Å². The number of amides is 3. The fourth-order valence-electron chi connectivity index (χ4n) is 7.27. The van der Waals surface area contributed by atoms with Crippen molar-refractivity contribution in [1.82, 2.24) is 40.5 Å². The number of nitrogens with zero attached hydrogens (tertiary/aromatic N) is 4. The standard InChI is InChI=1S/C29H32N6O3.C17H28N2O/c1-18(2)26(34-29(37)38-3)28(36)35-14-4-5-25(35)27-31-16-24(33-27)22-12-8-20(9-13-22)19-6-10-21(11-7-19)23-15-30-17-32-23;1-5-6-7-9-14(4)17(20)19-16(13(2)3)15-10-8-11-18-12-15/h6-13,15-18,25-26H,4-5,14H2,1-3H3,(H,30,32)(H,31,33)(H,34,37);8,10-14,16H,5-7,9H2,1-4H3,(H,19,20). The van der Waals surface area contributed by atoms with E-state index in [0.29, 0.717) is 12.5 Å². The third-order valence-corrected chi connectivity index (χ3v) is 10.8. The van der Waals surface area contributed by atoms with Gasteiger partial charge in [0.15, 0.2) is 0 Å². The molecule has 4 heterocycles. The molecule has 3 aromatic heterocycles. The van der Waals surface area contributed by atoms with Crippen LogP contribution in [0.4, 0.5) is 4.79 Å². The van der Waals surface area contributed by atoms with E-state index in [4.69, 9.17) is 4.74 Å². The molecule has 4 N–H and O–H groups in total. The van der Waals surface area contributed by atoms with Crippen molar-refractivity contribution in [2.75, 3.05) is 13.7 Å². The summed E-state index contributed by atoms with van der Waals surface area (Å²) in [5.41, 5.74) is 7.33. The number of pyridine rings is 1. The van der Waals surface area contributed by atoms with Crippen LogP contribution >= 0.6 is 0 Å². The highest BCUT2D eigenvalue weighted by Crippen LogP contribution is 2.33. The molecule has 4 unspecified atom stereocenters. The van der Waals surface area contributed by atoms with Gasteiger partial charge in [-0.2, -0.15) is 0 Å². The summed E-state index contributed by atoms with van der Waals surface area (Å²) in [7, 11) is 1.30. The summed E-state index contributed by atoms with van der Waals surface area (Å²) in [5.74, 6) is 1.16. The first kappa shape index (κ1) is 43.3. The summed E-state index contributed by atoms with van der Waals surface area (Å²) in [4.78, 5) is 58.7. The molecule has 1 aliphatic heterocycles. The van der Waals surface area contributed by atoms with Crippen LogP contribution in [0.5, 0.6) is 0 Å². The van der Waals surface area contributed by atoms with Crippen LogP contribution in [0.25, 0.3) is 33.6 Å². The number of aromatic amines is 2. The number of ether oxygens (including phenoxy) is 1. The first-order valence-corrected chi connectivity index (χ1v) is 20.6. The van der Waals surface area contributed by atoms with Gasteiger partial charge in [0.1, 0.15) is 11.9 Å².